The maximum atomic E-state index is 2.58. The van der Waals surface area contributed by atoms with Crippen molar-refractivity contribution in [3.8, 4) is 22.3 Å². The first kappa shape index (κ1) is 39.0. The summed E-state index contributed by atoms with van der Waals surface area (Å²) < 4.78 is 0. The normalized spacial score (nSPS) is 15.1. The molecule has 0 saturated carbocycles. The van der Waals surface area contributed by atoms with E-state index in [4.69, 9.17) is 0 Å². The summed E-state index contributed by atoms with van der Waals surface area (Å²) in [4.78, 5) is 4.89. The number of hydrogen-bond acceptors (Lipinski definition) is 2. The summed E-state index contributed by atoms with van der Waals surface area (Å²) >= 11 is 0. The lowest BCUT2D eigenvalue weighted by Gasteiger charge is -2.49. The van der Waals surface area contributed by atoms with E-state index < -0.39 is 0 Å². The minimum absolute atomic E-state index is 0.157. The molecule has 0 saturated heterocycles. The van der Waals surface area contributed by atoms with E-state index in [1.54, 1.807) is 0 Å². The molecular weight excluding hydrogens is 701 g/mol. The second-order valence-corrected chi connectivity index (χ2v) is 16.2. The summed E-state index contributed by atoms with van der Waals surface area (Å²) in [5.41, 5.74) is 15.1. The molecule has 0 spiro atoms. The molecule has 2 unspecified atom stereocenters. The Morgan fingerprint density at radius 1 is 0.448 bits per heavy atom. The highest BCUT2D eigenvalue weighted by Gasteiger charge is 2.47. The third kappa shape index (κ3) is 7.86. The van der Waals surface area contributed by atoms with E-state index in [0.29, 0.717) is 5.92 Å². The molecule has 0 aromatic heterocycles. The van der Waals surface area contributed by atoms with Crippen molar-refractivity contribution in [2.24, 2.45) is 5.92 Å². The van der Waals surface area contributed by atoms with Crippen molar-refractivity contribution in [3.05, 3.63) is 193 Å². The lowest BCUT2D eigenvalue weighted by atomic mass is 9.59. The van der Waals surface area contributed by atoms with Crippen LogP contribution < -0.4 is 9.80 Å². The summed E-state index contributed by atoms with van der Waals surface area (Å²) in [5.74, 6) is 0.449. The molecule has 1 aliphatic heterocycles. The van der Waals surface area contributed by atoms with Crippen LogP contribution in [0.5, 0.6) is 0 Å². The Bertz CT molecular complexity index is 2310. The average molecular weight is 759 g/mol. The molecule has 8 rings (SSSR count). The molecule has 0 amide bonds. The highest BCUT2D eigenvalue weighted by atomic mass is 15.2. The first-order valence-electron chi connectivity index (χ1n) is 21.8. The lowest BCUT2D eigenvalue weighted by molar-refractivity contribution is 0.286. The van der Waals surface area contributed by atoms with Gasteiger partial charge in [0.1, 0.15) is 0 Å². The van der Waals surface area contributed by atoms with Gasteiger partial charge < -0.3 is 9.80 Å². The fourth-order valence-electron chi connectivity index (χ4n) is 9.53. The molecule has 0 N–H and O–H groups in total. The third-order valence-corrected chi connectivity index (χ3v) is 12.6. The number of nitrogens with zero attached hydrogens (tertiary/aromatic N) is 2. The van der Waals surface area contributed by atoms with Crippen LogP contribution in [0.3, 0.4) is 0 Å². The van der Waals surface area contributed by atoms with Gasteiger partial charge in [0.2, 0.25) is 0 Å². The minimum Gasteiger partial charge on any atom is -0.311 e. The first-order valence-corrected chi connectivity index (χ1v) is 21.8. The molecular formula is C56H58N2. The van der Waals surface area contributed by atoms with E-state index in [0.717, 1.165) is 23.5 Å². The smallest absolute Gasteiger partial charge is 0.0503 e. The fraction of sp³-hybridized carbons (Fsp3) is 0.250. The van der Waals surface area contributed by atoms with Gasteiger partial charge in [-0.15, -0.1) is 0 Å². The average Bonchev–Trinajstić information content (AvgIpc) is 3.29. The SMILES string of the molecule is CCCCCCC1(C(C)CCCCC)c2cc(-c3ccccc3)ccc2N(c2ccccc2)c2ccc(-c3ccc(N(c4ccccc4)c4ccccc4)cc3)cc21. The quantitative estimate of drug-likeness (QED) is 0.0906. The van der Waals surface area contributed by atoms with Crippen LogP contribution in [0, 0.1) is 5.92 Å². The predicted octanol–water partition coefficient (Wildman–Crippen LogP) is 16.7. The van der Waals surface area contributed by atoms with Crippen molar-refractivity contribution < 1.29 is 0 Å². The van der Waals surface area contributed by atoms with Gasteiger partial charge in [-0.25, -0.2) is 0 Å². The molecule has 2 heteroatoms. The van der Waals surface area contributed by atoms with Crippen molar-refractivity contribution in [2.75, 3.05) is 9.80 Å². The van der Waals surface area contributed by atoms with E-state index in [9.17, 15) is 0 Å². The molecule has 1 aliphatic rings. The largest absolute Gasteiger partial charge is 0.311 e. The van der Waals surface area contributed by atoms with Gasteiger partial charge in [0.25, 0.3) is 0 Å². The van der Waals surface area contributed by atoms with Gasteiger partial charge in [-0.2, -0.15) is 0 Å². The highest BCUT2D eigenvalue weighted by Crippen LogP contribution is 2.59. The van der Waals surface area contributed by atoms with Crippen LogP contribution in [0.15, 0.2) is 182 Å². The lowest BCUT2D eigenvalue weighted by Crippen LogP contribution is -2.41. The van der Waals surface area contributed by atoms with Gasteiger partial charge in [-0.05, 0) is 125 Å². The van der Waals surface area contributed by atoms with Crippen molar-refractivity contribution in [1.82, 2.24) is 0 Å². The van der Waals surface area contributed by atoms with Gasteiger partial charge in [-0.3, -0.25) is 0 Å². The molecule has 292 valence electrons. The zero-order chi connectivity index (χ0) is 39.7. The molecule has 0 fully saturated rings. The molecule has 7 aromatic carbocycles. The van der Waals surface area contributed by atoms with Gasteiger partial charge in [0, 0.05) is 28.2 Å². The topological polar surface area (TPSA) is 6.48 Å². The van der Waals surface area contributed by atoms with Gasteiger partial charge in [-0.1, -0.05) is 175 Å². The van der Waals surface area contributed by atoms with Gasteiger partial charge in [0.05, 0.1) is 11.4 Å². The van der Waals surface area contributed by atoms with E-state index in [2.05, 4.69) is 213 Å². The Morgan fingerprint density at radius 3 is 1.43 bits per heavy atom. The summed E-state index contributed by atoms with van der Waals surface area (Å²) in [7, 11) is 0. The second-order valence-electron chi connectivity index (χ2n) is 16.2. The number of unbranched alkanes of at least 4 members (excludes halogenated alkanes) is 5. The van der Waals surface area contributed by atoms with Crippen molar-refractivity contribution in [2.45, 2.75) is 84.0 Å². The van der Waals surface area contributed by atoms with E-state index in [1.165, 1.54) is 102 Å². The number of benzene rings is 7. The Labute approximate surface area is 347 Å². The Kier molecular flexibility index (Phi) is 12.2. The van der Waals surface area contributed by atoms with Gasteiger partial charge in [0.15, 0.2) is 0 Å². The van der Waals surface area contributed by atoms with Crippen LogP contribution in [0.2, 0.25) is 0 Å². The molecule has 2 atom stereocenters. The van der Waals surface area contributed by atoms with E-state index in [-0.39, 0.29) is 5.41 Å². The maximum absolute atomic E-state index is 2.58. The second kappa shape index (κ2) is 18.2. The molecule has 2 nitrogen and oxygen atoms in total. The zero-order valence-corrected chi connectivity index (χ0v) is 34.7. The third-order valence-electron chi connectivity index (χ3n) is 12.6. The van der Waals surface area contributed by atoms with Crippen molar-refractivity contribution >= 4 is 34.1 Å². The molecule has 0 radical (unpaired) electrons. The zero-order valence-electron chi connectivity index (χ0n) is 34.7. The maximum Gasteiger partial charge on any atom is 0.0503 e. The highest BCUT2D eigenvalue weighted by molar-refractivity contribution is 5.89. The summed E-state index contributed by atoms with van der Waals surface area (Å²) in [5, 5.41) is 0. The number of para-hydroxylation sites is 3. The summed E-state index contributed by atoms with van der Waals surface area (Å²) in [6.45, 7) is 7.23. The number of anilines is 6. The minimum atomic E-state index is -0.157. The van der Waals surface area contributed by atoms with Crippen LogP contribution in [-0.4, -0.2) is 0 Å². The van der Waals surface area contributed by atoms with Crippen LogP contribution in [0.1, 0.15) is 89.7 Å². The molecule has 0 bridgehead atoms. The standard InChI is InChI=1S/C56H58N2/c1-4-6-8-22-40-56(43(3)23-13-7-5-2)52-41-46(44-24-14-9-15-25-44)34-38-54(52)58(50-30-20-12-21-31-50)55-39-35-47(42-53(55)56)45-32-36-51(37-33-45)57(48-26-16-10-17-27-48)49-28-18-11-19-29-49/h9-12,14-21,24-39,41-43H,4-8,13,22-23,40H2,1-3H3. The number of rotatable bonds is 16. The van der Waals surface area contributed by atoms with Crippen molar-refractivity contribution in [3.63, 3.8) is 0 Å². The summed E-state index contributed by atoms with van der Waals surface area (Å²) in [6, 6.07) is 67.3. The summed E-state index contributed by atoms with van der Waals surface area (Å²) in [6.07, 6.45) is 11.1. The van der Waals surface area contributed by atoms with Crippen LogP contribution in [-0.2, 0) is 5.41 Å². The first-order chi connectivity index (χ1) is 28.6. The molecule has 1 heterocycles. The Balaban J connectivity index is 1.31. The molecule has 7 aromatic rings. The Hall–Kier alpha value is -5.86. The Morgan fingerprint density at radius 2 is 0.897 bits per heavy atom. The van der Waals surface area contributed by atoms with Crippen LogP contribution in [0.4, 0.5) is 34.1 Å². The van der Waals surface area contributed by atoms with Crippen LogP contribution in [0.25, 0.3) is 22.3 Å². The number of fused-ring (bicyclic) bond motifs is 2. The van der Waals surface area contributed by atoms with E-state index in [1.807, 2.05) is 0 Å². The van der Waals surface area contributed by atoms with Crippen molar-refractivity contribution in [1.29, 1.82) is 0 Å². The van der Waals surface area contributed by atoms with Crippen LogP contribution >= 0.6 is 0 Å². The van der Waals surface area contributed by atoms with E-state index >= 15 is 0 Å². The monoisotopic (exact) mass is 758 g/mol. The number of hydrogen-bond donors (Lipinski definition) is 0. The fourth-order valence-corrected chi connectivity index (χ4v) is 9.53. The molecule has 0 aliphatic carbocycles. The predicted molar refractivity (Wildman–Crippen MR) is 250 cm³/mol. The molecule has 58 heavy (non-hydrogen) atoms. The van der Waals surface area contributed by atoms with Gasteiger partial charge >= 0.3 is 0 Å².